The highest BCUT2D eigenvalue weighted by Gasteiger charge is 2.29. The molecule has 3 rings (SSSR count). The molecule has 0 aliphatic carbocycles. The van der Waals surface area contributed by atoms with Gasteiger partial charge in [-0.05, 0) is 43.0 Å². The fraction of sp³-hybridized carbons (Fsp3) is 0.300. The molecule has 0 bridgehead atoms. The smallest absolute Gasteiger partial charge is 0.322 e. The van der Waals surface area contributed by atoms with Gasteiger partial charge in [0, 0.05) is 25.2 Å². The fourth-order valence-corrected chi connectivity index (χ4v) is 2.73. The number of benzene rings is 1. The van der Waals surface area contributed by atoms with E-state index in [9.17, 15) is 14.4 Å². The SMILES string of the molecule is Cc1ccc(C)c(Oc2ccc(CNC(=O)CC[C@H]3NC(=O)NC3=O)cn2)c1. The van der Waals surface area contributed by atoms with E-state index in [1.54, 1.807) is 12.3 Å². The minimum absolute atomic E-state index is 0.139. The Hall–Kier alpha value is -3.42. The zero-order valence-electron chi connectivity index (χ0n) is 15.7. The van der Waals surface area contributed by atoms with Gasteiger partial charge in [-0.15, -0.1) is 0 Å². The van der Waals surface area contributed by atoms with Gasteiger partial charge in [0.1, 0.15) is 11.8 Å². The van der Waals surface area contributed by atoms with Crippen LogP contribution in [0.2, 0.25) is 0 Å². The van der Waals surface area contributed by atoms with Crippen LogP contribution in [0.25, 0.3) is 0 Å². The van der Waals surface area contributed by atoms with Gasteiger partial charge in [0.15, 0.2) is 0 Å². The minimum Gasteiger partial charge on any atom is -0.439 e. The summed E-state index contributed by atoms with van der Waals surface area (Å²) in [6.45, 7) is 4.29. The lowest BCUT2D eigenvalue weighted by atomic mass is 10.1. The van der Waals surface area contributed by atoms with Gasteiger partial charge in [0.05, 0.1) is 0 Å². The third-order valence-corrected chi connectivity index (χ3v) is 4.36. The van der Waals surface area contributed by atoms with Crippen molar-refractivity contribution in [3.05, 3.63) is 53.2 Å². The number of carbonyl (C=O) groups excluding carboxylic acids is 3. The summed E-state index contributed by atoms with van der Waals surface area (Å²) in [7, 11) is 0. The summed E-state index contributed by atoms with van der Waals surface area (Å²) in [4.78, 5) is 38.7. The van der Waals surface area contributed by atoms with E-state index in [1.165, 1.54) is 0 Å². The van der Waals surface area contributed by atoms with Crippen molar-refractivity contribution in [1.29, 1.82) is 0 Å². The fourth-order valence-electron chi connectivity index (χ4n) is 2.73. The van der Waals surface area contributed by atoms with E-state index >= 15 is 0 Å². The summed E-state index contributed by atoms with van der Waals surface area (Å²) in [5.74, 6) is 0.634. The first kappa shape index (κ1) is 19.3. The number of pyridine rings is 1. The molecular weight excluding hydrogens is 360 g/mol. The molecule has 8 heteroatoms. The van der Waals surface area contributed by atoms with E-state index in [1.807, 2.05) is 38.1 Å². The Bertz CT molecular complexity index is 896. The summed E-state index contributed by atoms with van der Waals surface area (Å²) in [6.07, 6.45) is 2.04. The molecule has 1 atom stereocenters. The van der Waals surface area contributed by atoms with Crippen LogP contribution in [0.15, 0.2) is 36.5 Å². The predicted molar refractivity (Wildman–Crippen MR) is 102 cm³/mol. The molecule has 0 unspecified atom stereocenters. The number of aryl methyl sites for hydroxylation is 2. The summed E-state index contributed by atoms with van der Waals surface area (Å²) in [5.41, 5.74) is 2.96. The molecule has 28 heavy (non-hydrogen) atoms. The largest absolute Gasteiger partial charge is 0.439 e. The highest BCUT2D eigenvalue weighted by molar-refractivity contribution is 6.04. The van der Waals surface area contributed by atoms with Crippen molar-refractivity contribution in [2.24, 2.45) is 0 Å². The van der Waals surface area contributed by atoms with Crippen molar-refractivity contribution in [1.82, 2.24) is 20.9 Å². The first-order chi connectivity index (χ1) is 13.4. The molecule has 1 fully saturated rings. The molecule has 8 nitrogen and oxygen atoms in total. The van der Waals surface area contributed by atoms with Crippen LogP contribution in [0.1, 0.15) is 29.5 Å². The summed E-state index contributed by atoms with van der Waals surface area (Å²) in [6, 6.07) is 8.38. The molecule has 0 radical (unpaired) electrons. The van der Waals surface area contributed by atoms with E-state index in [0.29, 0.717) is 12.4 Å². The molecule has 0 saturated carbocycles. The first-order valence-corrected chi connectivity index (χ1v) is 8.99. The third kappa shape index (κ3) is 5.06. The zero-order chi connectivity index (χ0) is 20.1. The number of ether oxygens (including phenoxy) is 1. The quantitative estimate of drug-likeness (QED) is 0.635. The maximum absolute atomic E-state index is 11.9. The number of nitrogens with zero attached hydrogens (tertiary/aromatic N) is 1. The van der Waals surface area contributed by atoms with Gasteiger partial charge >= 0.3 is 6.03 Å². The van der Waals surface area contributed by atoms with Crippen LogP contribution in [0.4, 0.5) is 4.79 Å². The van der Waals surface area contributed by atoms with E-state index in [2.05, 4.69) is 20.9 Å². The first-order valence-electron chi connectivity index (χ1n) is 8.99. The number of urea groups is 1. The predicted octanol–water partition coefficient (Wildman–Crippen LogP) is 2.10. The van der Waals surface area contributed by atoms with Crippen LogP contribution in [0, 0.1) is 13.8 Å². The Labute approximate surface area is 162 Å². The number of aromatic nitrogens is 1. The van der Waals surface area contributed by atoms with Gasteiger partial charge in [-0.1, -0.05) is 18.2 Å². The molecular formula is C20H22N4O4. The molecule has 1 saturated heterocycles. The molecule has 2 aromatic rings. The molecule has 3 N–H and O–H groups in total. The van der Waals surface area contributed by atoms with E-state index in [-0.39, 0.29) is 18.7 Å². The number of hydrogen-bond donors (Lipinski definition) is 3. The Kier molecular flexibility index (Phi) is 5.88. The van der Waals surface area contributed by atoms with Crippen molar-refractivity contribution in [2.75, 3.05) is 0 Å². The number of amides is 4. The maximum Gasteiger partial charge on any atom is 0.322 e. The van der Waals surface area contributed by atoms with Crippen LogP contribution in [-0.2, 0) is 16.1 Å². The van der Waals surface area contributed by atoms with Crippen LogP contribution in [0.3, 0.4) is 0 Å². The van der Waals surface area contributed by atoms with Crippen molar-refractivity contribution in [2.45, 2.75) is 39.3 Å². The molecule has 2 heterocycles. The van der Waals surface area contributed by atoms with Gasteiger partial charge in [-0.2, -0.15) is 0 Å². The topological polar surface area (TPSA) is 109 Å². The van der Waals surface area contributed by atoms with E-state index in [4.69, 9.17) is 4.74 Å². The molecule has 1 aliphatic heterocycles. The Balaban J connectivity index is 1.46. The molecule has 1 aromatic carbocycles. The van der Waals surface area contributed by atoms with E-state index in [0.717, 1.165) is 22.4 Å². The van der Waals surface area contributed by atoms with Crippen LogP contribution >= 0.6 is 0 Å². The Morgan fingerprint density at radius 1 is 1.21 bits per heavy atom. The standard InChI is InChI=1S/C20H22N4O4/c1-12-3-4-13(2)16(9-12)28-18-8-5-14(11-22-18)10-21-17(25)7-6-15-19(26)24-20(27)23-15/h3-5,8-9,11,15H,6-7,10H2,1-2H3,(H,21,25)(H2,23,24,26,27)/t15-/m1/s1. The molecule has 1 aromatic heterocycles. The Morgan fingerprint density at radius 2 is 2.04 bits per heavy atom. The second-order valence-electron chi connectivity index (χ2n) is 6.71. The number of carbonyl (C=O) groups is 3. The Morgan fingerprint density at radius 3 is 2.71 bits per heavy atom. The second-order valence-corrected chi connectivity index (χ2v) is 6.71. The van der Waals surface area contributed by atoms with Gasteiger partial charge in [-0.25, -0.2) is 9.78 Å². The monoisotopic (exact) mass is 382 g/mol. The third-order valence-electron chi connectivity index (χ3n) is 4.36. The summed E-state index contributed by atoms with van der Waals surface area (Å²) in [5, 5.41) is 7.37. The normalized spacial score (nSPS) is 15.7. The lowest BCUT2D eigenvalue weighted by Gasteiger charge is -2.10. The number of nitrogens with one attached hydrogen (secondary N) is 3. The average Bonchev–Trinajstić information content (AvgIpc) is 2.99. The van der Waals surface area contributed by atoms with Gasteiger partial charge in [0.25, 0.3) is 5.91 Å². The van der Waals surface area contributed by atoms with Gasteiger partial charge in [-0.3, -0.25) is 14.9 Å². The molecule has 0 spiro atoms. The number of imide groups is 1. The maximum atomic E-state index is 11.9. The van der Waals surface area contributed by atoms with Crippen molar-refractivity contribution >= 4 is 17.8 Å². The second kappa shape index (κ2) is 8.51. The molecule has 146 valence electrons. The molecule has 1 aliphatic rings. The highest BCUT2D eigenvalue weighted by atomic mass is 16.5. The van der Waals surface area contributed by atoms with E-state index < -0.39 is 18.0 Å². The van der Waals surface area contributed by atoms with Crippen molar-refractivity contribution in [3.63, 3.8) is 0 Å². The van der Waals surface area contributed by atoms with Crippen LogP contribution in [0.5, 0.6) is 11.6 Å². The highest BCUT2D eigenvalue weighted by Crippen LogP contribution is 2.24. The van der Waals surface area contributed by atoms with Crippen molar-refractivity contribution < 1.29 is 19.1 Å². The summed E-state index contributed by atoms with van der Waals surface area (Å²) < 4.78 is 5.81. The minimum atomic E-state index is -0.651. The molecule has 4 amide bonds. The average molecular weight is 382 g/mol. The lowest BCUT2D eigenvalue weighted by Crippen LogP contribution is -2.31. The van der Waals surface area contributed by atoms with Crippen LogP contribution < -0.4 is 20.7 Å². The zero-order valence-corrected chi connectivity index (χ0v) is 15.7. The number of rotatable bonds is 7. The van der Waals surface area contributed by atoms with Gasteiger partial charge in [0.2, 0.25) is 11.8 Å². The van der Waals surface area contributed by atoms with Gasteiger partial charge < -0.3 is 15.4 Å². The van der Waals surface area contributed by atoms with Crippen LogP contribution in [-0.4, -0.2) is 28.9 Å². The van der Waals surface area contributed by atoms with Crippen molar-refractivity contribution in [3.8, 4) is 11.6 Å². The lowest BCUT2D eigenvalue weighted by molar-refractivity contribution is -0.122. The number of hydrogen-bond acceptors (Lipinski definition) is 5. The summed E-state index contributed by atoms with van der Waals surface area (Å²) >= 11 is 0.